The molecule has 2 heterocycles. The van der Waals surface area contributed by atoms with E-state index in [9.17, 15) is 9.90 Å². The van der Waals surface area contributed by atoms with Crippen molar-refractivity contribution in [2.75, 3.05) is 7.11 Å². The maximum atomic E-state index is 10.9. The Labute approximate surface area is 130 Å². The van der Waals surface area contributed by atoms with Gasteiger partial charge in [-0.05, 0) is 35.7 Å². The van der Waals surface area contributed by atoms with Gasteiger partial charge in [0.05, 0.1) is 12.8 Å². The molecule has 0 radical (unpaired) electrons. The summed E-state index contributed by atoms with van der Waals surface area (Å²) in [6.07, 6.45) is -0.287. The lowest BCUT2D eigenvalue weighted by Gasteiger charge is -1.99. The van der Waals surface area contributed by atoms with Gasteiger partial charge < -0.3 is 19.1 Å². The molecule has 0 N–H and O–H groups in total. The van der Waals surface area contributed by atoms with E-state index in [-0.39, 0.29) is 6.42 Å². The summed E-state index contributed by atoms with van der Waals surface area (Å²) in [5, 5.41) is 14.7. The maximum absolute atomic E-state index is 10.9. The van der Waals surface area contributed by atoms with Gasteiger partial charge in [0.15, 0.2) is 5.76 Å². The fourth-order valence-electron chi connectivity index (χ4n) is 2.08. The SMILES string of the molecule is COc1ccc(-c2nc(CC(=O)[O-])c(-c3ccsc3)o2)cc1. The summed E-state index contributed by atoms with van der Waals surface area (Å²) >= 11 is 1.50. The van der Waals surface area contributed by atoms with Gasteiger partial charge in [-0.3, -0.25) is 0 Å². The van der Waals surface area contributed by atoms with Gasteiger partial charge in [-0.1, -0.05) is 0 Å². The van der Waals surface area contributed by atoms with E-state index in [1.165, 1.54) is 11.3 Å². The number of hydrogen-bond acceptors (Lipinski definition) is 6. The second-order valence-corrected chi connectivity index (χ2v) is 5.36. The van der Waals surface area contributed by atoms with E-state index < -0.39 is 5.97 Å². The minimum absolute atomic E-state index is 0.287. The normalized spacial score (nSPS) is 10.6. The van der Waals surface area contributed by atoms with E-state index in [2.05, 4.69) is 4.98 Å². The molecule has 0 aliphatic rings. The van der Waals surface area contributed by atoms with Gasteiger partial charge in [0.2, 0.25) is 5.89 Å². The Morgan fingerprint density at radius 1 is 1.27 bits per heavy atom. The van der Waals surface area contributed by atoms with Crippen LogP contribution in [-0.2, 0) is 11.2 Å². The van der Waals surface area contributed by atoms with Gasteiger partial charge in [0.25, 0.3) is 0 Å². The average Bonchev–Trinajstić information content (AvgIpc) is 3.16. The minimum Gasteiger partial charge on any atom is -0.550 e. The number of methoxy groups -OCH3 is 1. The van der Waals surface area contributed by atoms with Crippen molar-refractivity contribution >= 4 is 17.3 Å². The third-order valence-corrected chi connectivity index (χ3v) is 3.81. The third-order valence-electron chi connectivity index (χ3n) is 3.13. The third kappa shape index (κ3) is 2.87. The number of aliphatic carboxylic acids is 1. The Bertz CT molecular complexity index is 775. The van der Waals surface area contributed by atoms with E-state index in [1.807, 2.05) is 29.0 Å². The van der Waals surface area contributed by atoms with Crippen LogP contribution in [0.15, 0.2) is 45.5 Å². The number of nitrogens with zero attached hydrogens (tertiary/aromatic N) is 1. The fraction of sp³-hybridized carbons (Fsp3) is 0.125. The predicted octanol–water partition coefficient (Wildman–Crippen LogP) is 2.37. The Hall–Kier alpha value is -2.60. The van der Waals surface area contributed by atoms with Crippen molar-refractivity contribution in [3.63, 3.8) is 0 Å². The van der Waals surface area contributed by atoms with Gasteiger partial charge in [0.1, 0.15) is 5.75 Å². The Kier molecular flexibility index (Phi) is 3.93. The van der Waals surface area contributed by atoms with Crippen molar-refractivity contribution in [1.82, 2.24) is 4.98 Å². The molecular formula is C16H12NO4S-. The van der Waals surface area contributed by atoms with Gasteiger partial charge >= 0.3 is 0 Å². The second-order valence-electron chi connectivity index (χ2n) is 4.58. The van der Waals surface area contributed by atoms with Gasteiger partial charge in [-0.2, -0.15) is 11.3 Å². The number of carbonyl (C=O) groups excluding carboxylic acids is 1. The van der Waals surface area contributed by atoms with E-state index in [0.29, 0.717) is 17.3 Å². The molecule has 0 unspecified atom stereocenters. The van der Waals surface area contributed by atoms with Gasteiger partial charge in [-0.25, -0.2) is 4.98 Å². The van der Waals surface area contributed by atoms with Gasteiger partial charge in [-0.15, -0.1) is 0 Å². The van der Waals surface area contributed by atoms with Crippen LogP contribution in [0.5, 0.6) is 5.75 Å². The topological polar surface area (TPSA) is 75.4 Å². The number of rotatable bonds is 5. The summed E-state index contributed by atoms with van der Waals surface area (Å²) in [6, 6.07) is 9.07. The molecule has 22 heavy (non-hydrogen) atoms. The Balaban J connectivity index is 2.03. The molecule has 5 nitrogen and oxygen atoms in total. The lowest BCUT2D eigenvalue weighted by Crippen LogP contribution is -2.24. The number of carbonyl (C=O) groups is 1. The highest BCUT2D eigenvalue weighted by Gasteiger charge is 2.17. The second kappa shape index (κ2) is 6.03. The zero-order chi connectivity index (χ0) is 15.5. The molecule has 0 atom stereocenters. The van der Waals surface area contributed by atoms with Crippen molar-refractivity contribution in [3.05, 3.63) is 46.8 Å². The number of aromatic nitrogens is 1. The highest BCUT2D eigenvalue weighted by Crippen LogP contribution is 2.31. The van der Waals surface area contributed by atoms with Crippen molar-refractivity contribution in [2.45, 2.75) is 6.42 Å². The van der Waals surface area contributed by atoms with Gasteiger partial charge in [0, 0.05) is 28.9 Å². The molecule has 0 bridgehead atoms. The number of carboxylic acid groups (broad SMARTS) is 1. The minimum atomic E-state index is -1.19. The van der Waals surface area contributed by atoms with Crippen LogP contribution in [0.4, 0.5) is 0 Å². The van der Waals surface area contributed by atoms with Crippen molar-refractivity contribution in [3.8, 4) is 28.5 Å². The number of thiophene rings is 1. The highest BCUT2D eigenvalue weighted by atomic mass is 32.1. The summed E-state index contributed by atoms with van der Waals surface area (Å²) in [4.78, 5) is 15.2. The molecule has 0 fully saturated rings. The lowest BCUT2D eigenvalue weighted by molar-refractivity contribution is -0.304. The fourth-order valence-corrected chi connectivity index (χ4v) is 2.72. The molecule has 0 aliphatic heterocycles. The van der Waals surface area contributed by atoms with Crippen molar-refractivity contribution in [1.29, 1.82) is 0 Å². The first kappa shape index (κ1) is 14.3. The Morgan fingerprint density at radius 3 is 2.64 bits per heavy atom. The first-order chi connectivity index (χ1) is 10.7. The monoisotopic (exact) mass is 314 g/mol. The highest BCUT2D eigenvalue weighted by molar-refractivity contribution is 7.08. The molecule has 0 saturated heterocycles. The van der Waals surface area contributed by atoms with Crippen LogP contribution in [0.3, 0.4) is 0 Å². The van der Waals surface area contributed by atoms with E-state index in [0.717, 1.165) is 16.9 Å². The van der Waals surface area contributed by atoms with Crippen LogP contribution in [0.2, 0.25) is 0 Å². The van der Waals surface area contributed by atoms with Crippen LogP contribution in [0, 0.1) is 0 Å². The van der Waals surface area contributed by atoms with Crippen molar-refractivity contribution < 1.29 is 19.1 Å². The van der Waals surface area contributed by atoms with Crippen LogP contribution in [0.25, 0.3) is 22.8 Å². The standard InChI is InChI=1S/C16H13NO4S/c1-20-12-4-2-10(3-5-12)16-17-13(8-14(18)19)15(21-16)11-6-7-22-9-11/h2-7,9H,8H2,1H3,(H,18,19)/p-1. The molecule has 6 heteroatoms. The molecule has 2 aromatic heterocycles. The zero-order valence-corrected chi connectivity index (χ0v) is 12.6. The summed E-state index contributed by atoms with van der Waals surface area (Å²) in [5.41, 5.74) is 1.93. The van der Waals surface area contributed by atoms with E-state index in [1.54, 1.807) is 19.2 Å². The maximum Gasteiger partial charge on any atom is 0.227 e. The number of carboxylic acids is 1. The summed E-state index contributed by atoms with van der Waals surface area (Å²) in [5.74, 6) is 0.380. The van der Waals surface area contributed by atoms with E-state index in [4.69, 9.17) is 9.15 Å². The van der Waals surface area contributed by atoms with Crippen molar-refractivity contribution in [2.24, 2.45) is 0 Å². The lowest BCUT2D eigenvalue weighted by atomic mass is 10.2. The number of oxazole rings is 1. The molecule has 0 amide bonds. The molecule has 0 saturated carbocycles. The molecule has 3 aromatic rings. The first-order valence-corrected chi connectivity index (χ1v) is 7.48. The molecule has 3 rings (SSSR count). The van der Waals surface area contributed by atoms with Crippen LogP contribution < -0.4 is 9.84 Å². The summed E-state index contributed by atoms with van der Waals surface area (Å²) in [6.45, 7) is 0. The quantitative estimate of drug-likeness (QED) is 0.722. The van der Waals surface area contributed by atoms with Crippen LogP contribution in [0.1, 0.15) is 5.69 Å². The number of ether oxygens (including phenoxy) is 1. The Morgan fingerprint density at radius 2 is 2.05 bits per heavy atom. The summed E-state index contributed by atoms with van der Waals surface area (Å²) in [7, 11) is 1.59. The summed E-state index contributed by atoms with van der Waals surface area (Å²) < 4.78 is 10.9. The molecule has 0 spiro atoms. The molecule has 112 valence electrons. The molecule has 1 aromatic carbocycles. The molecule has 0 aliphatic carbocycles. The predicted molar refractivity (Wildman–Crippen MR) is 80.5 cm³/mol. The van der Waals surface area contributed by atoms with Crippen LogP contribution >= 0.6 is 11.3 Å². The average molecular weight is 314 g/mol. The van der Waals surface area contributed by atoms with Crippen LogP contribution in [-0.4, -0.2) is 18.1 Å². The largest absolute Gasteiger partial charge is 0.550 e. The smallest absolute Gasteiger partial charge is 0.227 e. The van der Waals surface area contributed by atoms with E-state index >= 15 is 0 Å². The zero-order valence-electron chi connectivity index (χ0n) is 11.7. The first-order valence-electron chi connectivity index (χ1n) is 6.54. The number of benzene rings is 1. The molecular weight excluding hydrogens is 302 g/mol. The number of hydrogen-bond donors (Lipinski definition) is 0.